The Kier molecular flexibility index (Phi) is 7.52. The normalized spacial score (nSPS) is 19.0. The van der Waals surface area contributed by atoms with Crippen molar-refractivity contribution in [2.24, 2.45) is 5.92 Å². The number of hydrogen-bond acceptors (Lipinski definition) is 4. The predicted molar refractivity (Wildman–Crippen MR) is 98.8 cm³/mol. The van der Waals surface area contributed by atoms with Crippen LogP contribution >= 0.6 is 0 Å². The molecule has 1 aliphatic rings. The lowest BCUT2D eigenvalue weighted by molar-refractivity contribution is -0.144. The minimum Gasteiger partial charge on any atom is -0.480 e. The van der Waals surface area contributed by atoms with E-state index in [1.807, 2.05) is 37.3 Å². The molecule has 2 rings (SSSR count). The van der Waals surface area contributed by atoms with Crippen molar-refractivity contribution in [2.45, 2.75) is 57.5 Å². The van der Waals surface area contributed by atoms with Gasteiger partial charge in [-0.05, 0) is 31.2 Å². The fourth-order valence-corrected chi connectivity index (χ4v) is 3.34. The number of nitrogens with one attached hydrogen (secondary N) is 2. The summed E-state index contributed by atoms with van der Waals surface area (Å²) in [7, 11) is 0. The van der Waals surface area contributed by atoms with Crippen LogP contribution in [0.2, 0.25) is 0 Å². The molecule has 0 bridgehead atoms. The molecular formula is C20H26N2O5. The number of hydrogen-bond donors (Lipinski definition) is 3. The Morgan fingerprint density at radius 1 is 1.11 bits per heavy atom. The molecule has 7 nitrogen and oxygen atoms in total. The maximum absolute atomic E-state index is 12.1. The van der Waals surface area contributed by atoms with Crippen molar-refractivity contribution >= 4 is 23.6 Å². The minimum atomic E-state index is -1.15. The molecule has 1 saturated carbocycles. The Balaban J connectivity index is 1.80. The third-order valence-corrected chi connectivity index (χ3v) is 4.83. The summed E-state index contributed by atoms with van der Waals surface area (Å²) in [5.74, 6) is -2.28. The quantitative estimate of drug-likeness (QED) is 0.644. The van der Waals surface area contributed by atoms with Crippen LogP contribution in [0.1, 0.15) is 57.1 Å². The van der Waals surface area contributed by atoms with Crippen molar-refractivity contribution in [3.63, 3.8) is 0 Å². The number of carbonyl (C=O) groups excluding carboxylic acids is 3. The fraction of sp³-hybridized carbons (Fsp3) is 0.500. The van der Waals surface area contributed by atoms with Gasteiger partial charge in [0.05, 0.1) is 6.04 Å². The summed E-state index contributed by atoms with van der Waals surface area (Å²) >= 11 is 0. The van der Waals surface area contributed by atoms with Gasteiger partial charge in [0.1, 0.15) is 11.8 Å². The lowest BCUT2D eigenvalue weighted by atomic mass is 9.83. The number of rotatable bonds is 8. The maximum atomic E-state index is 12.1. The molecule has 0 aromatic heterocycles. The molecule has 1 aromatic rings. The fourth-order valence-electron chi connectivity index (χ4n) is 3.34. The number of carboxylic acids is 1. The Hall–Kier alpha value is -2.70. The van der Waals surface area contributed by atoms with Crippen LogP contribution in [0.15, 0.2) is 30.3 Å². The highest BCUT2D eigenvalue weighted by atomic mass is 16.4. The third-order valence-electron chi connectivity index (χ3n) is 4.83. The highest BCUT2D eigenvalue weighted by Crippen LogP contribution is 2.24. The number of ketones is 1. The molecule has 146 valence electrons. The van der Waals surface area contributed by atoms with Gasteiger partial charge in [0.15, 0.2) is 0 Å². The number of benzene rings is 1. The van der Waals surface area contributed by atoms with Crippen LogP contribution in [0.5, 0.6) is 0 Å². The molecule has 0 heterocycles. The van der Waals surface area contributed by atoms with E-state index >= 15 is 0 Å². The number of carbonyl (C=O) groups is 4. The van der Waals surface area contributed by atoms with Crippen molar-refractivity contribution in [1.29, 1.82) is 0 Å². The van der Waals surface area contributed by atoms with Crippen LogP contribution in [0, 0.1) is 5.92 Å². The summed E-state index contributed by atoms with van der Waals surface area (Å²) in [6, 6.07) is 8.19. The van der Waals surface area contributed by atoms with E-state index in [0.29, 0.717) is 19.3 Å². The maximum Gasteiger partial charge on any atom is 0.326 e. The van der Waals surface area contributed by atoms with Gasteiger partial charge in [-0.2, -0.15) is 0 Å². The molecule has 0 radical (unpaired) electrons. The number of amides is 2. The summed E-state index contributed by atoms with van der Waals surface area (Å²) in [5.41, 5.74) is 0.961. The summed E-state index contributed by atoms with van der Waals surface area (Å²) < 4.78 is 0. The van der Waals surface area contributed by atoms with E-state index in [1.54, 1.807) is 0 Å². The third kappa shape index (κ3) is 6.51. The Morgan fingerprint density at radius 2 is 1.74 bits per heavy atom. The number of aliphatic carboxylic acids is 1. The Labute approximate surface area is 158 Å². The molecule has 0 spiro atoms. The molecule has 0 aliphatic heterocycles. The van der Waals surface area contributed by atoms with Crippen molar-refractivity contribution < 1.29 is 24.3 Å². The van der Waals surface area contributed by atoms with Crippen molar-refractivity contribution in [3.8, 4) is 0 Å². The number of Topliss-reactive ketones (excluding diaryl/α,β-unsaturated/α-hetero) is 1. The molecule has 3 N–H and O–H groups in total. The molecule has 2 amide bonds. The van der Waals surface area contributed by atoms with Crippen LogP contribution in [0.4, 0.5) is 0 Å². The first-order valence-electron chi connectivity index (χ1n) is 9.25. The smallest absolute Gasteiger partial charge is 0.326 e. The first-order chi connectivity index (χ1) is 12.9. The second-order valence-corrected chi connectivity index (χ2v) is 6.98. The van der Waals surface area contributed by atoms with Gasteiger partial charge in [-0.3, -0.25) is 14.4 Å². The topological polar surface area (TPSA) is 113 Å². The molecular weight excluding hydrogens is 348 g/mol. The largest absolute Gasteiger partial charge is 0.480 e. The van der Waals surface area contributed by atoms with Gasteiger partial charge in [-0.15, -0.1) is 0 Å². The zero-order chi connectivity index (χ0) is 19.8. The van der Waals surface area contributed by atoms with Crippen molar-refractivity contribution in [2.75, 3.05) is 0 Å². The first-order valence-corrected chi connectivity index (χ1v) is 9.25. The second kappa shape index (κ2) is 9.85. The van der Waals surface area contributed by atoms with Gasteiger partial charge in [0, 0.05) is 25.7 Å². The second-order valence-electron chi connectivity index (χ2n) is 6.98. The van der Waals surface area contributed by atoms with Crippen LogP contribution in [-0.2, 0) is 19.2 Å². The van der Waals surface area contributed by atoms with Gasteiger partial charge in [-0.1, -0.05) is 30.3 Å². The monoisotopic (exact) mass is 374 g/mol. The molecule has 7 heteroatoms. The van der Waals surface area contributed by atoms with Crippen LogP contribution in [-0.4, -0.2) is 34.7 Å². The summed E-state index contributed by atoms with van der Waals surface area (Å²) in [4.78, 5) is 47.2. The predicted octanol–water partition coefficient (Wildman–Crippen LogP) is 1.97. The van der Waals surface area contributed by atoms with Crippen molar-refractivity contribution in [1.82, 2.24) is 10.6 Å². The summed E-state index contributed by atoms with van der Waals surface area (Å²) in [5, 5.41) is 14.7. The van der Waals surface area contributed by atoms with E-state index in [4.69, 9.17) is 0 Å². The van der Waals surface area contributed by atoms with Crippen LogP contribution in [0.25, 0.3) is 0 Å². The van der Waals surface area contributed by atoms with Gasteiger partial charge in [0.2, 0.25) is 11.8 Å². The SMILES string of the molecule is C[C@@H](NC(=O)CCC(=O)N[C@@H](C(=O)O)[C@H]1CCCC(=O)C1)c1ccccc1. The highest BCUT2D eigenvalue weighted by molar-refractivity contribution is 5.88. The van der Waals surface area contributed by atoms with Gasteiger partial charge >= 0.3 is 5.97 Å². The summed E-state index contributed by atoms with van der Waals surface area (Å²) in [6.45, 7) is 1.86. The molecule has 0 saturated heterocycles. The molecule has 3 atom stereocenters. The van der Waals surface area contributed by atoms with E-state index in [-0.39, 0.29) is 42.9 Å². The Bertz CT molecular complexity index is 689. The van der Waals surface area contributed by atoms with Gasteiger partial charge in [-0.25, -0.2) is 4.79 Å². The Morgan fingerprint density at radius 3 is 2.33 bits per heavy atom. The highest BCUT2D eigenvalue weighted by Gasteiger charge is 2.33. The molecule has 1 fully saturated rings. The van der Waals surface area contributed by atoms with Gasteiger partial charge in [0.25, 0.3) is 0 Å². The zero-order valence-corrected chi connectivity index (χ0v) is 15.4. The van der Waals surface area contributed by atoms with Gasteiger partial charge < -0.3 is 15.7 Å². The van der Waals surface area contributed by atoms with E-state index in [9.17, 15) is 24.3 Å². The molecule has 0 unspecified atom stereocenters. The number of carboxylic acid groups (broad SMARTS) is 1. The molecule has 27 heavy (non-hydrogen) atoms. The molecule has 1 aliphatic carbocycles. The molecule has 1 aromatic carbocycles. The van der Waals surface area contributed by atoms with E-state index in [1.165, 1.54) is 0 Å². The lowest BCUT2D eigenvalue weighted by Crippen LogP contribution is -2.47. The summed E-state index contributed by atoms with van der Waals surface area (Å²) in [6.07, 6.45) is 1.75. The average molecular weight is 374 g/mol. The van der Waals surface area contributed by atoms with Crippen molar-refractivity contribution in [3.05, 3.63) is 35.9 Å². The minimum absolute atomic E-state index is 0.0287. The van der Waals surface area contributed by atoms with E-state index in [2.05, 4.69) is 10.6 Å². The van der Waals surface area contributed by atoms with Crippen LogP contribution < -0.4 is 10.6 Å². The van der Waals surface area contributed by atoms with E-state index < -0.39 is 17.9 Å². The standard InChI is InChI=1S/C20H26N2O5/c1-13(14-6-3-2-4-7-14)21-17(24)10-11-18(25)22-19(20(26)27)15-8-5-9-16(23)12-15/h2-4,6-7,13,15,19H,5,8-12H2,1H3,(H,21,24)(H,22,25)(H,26,27)/t13-,15+,19-/m1/s1. The zero-order valence-electron chi connectivity index (χ0n) is 15.4. The lowest BCUT2D eigenvalue weighted by Gasteiger charge is -2.27. The first kappa shape index (κ1) is 20.6. The van der Waals surface area contributed by atoms with Crippen LogP contribution in [0.3, 0.4) is 0 Å². The van der Waals surface area contributed by atoms with E-state index in [0.717, 1.165) is 5.56 Å². The average Bonchev–Trinajstić information content (AvgIpc) is 2.65.